The van der Waals surface area contributed by atoms with Crippen molar-refractivity contribution in [2.24, 2.45) is 5.92 Å². The van der Waals surface area contributed by atoms with E-state index in [1.54, 1.807) is 0 Å². The van der Waals surface area contributed by atoms with Gasteiger partial charge in [0, 0.05) is 19.1 Å². The standard InChI is InChI=1S/C6H11NO4/c8-3-4-1-5(9)7(2-4)6(10)11/h4-5,8-9H,1-3H2,(H,10,11)/t4-,5+/m1/s1. The molecular formula is C6H11NO4. The molecule has 11 heavy (non-hydrogen) atoms. The largest absolute Gasteiger partial charge is 0.465 e. The highest BCUT2D eigenvalue weighted by Crippen LogP contribution is 2.20. The van der Waals surface area contributed by atoms with Gasteiger partial charge >= 0.3 is 6.09 Å². The topological polar surface area (TPSA) is 81.0 Å². The third kappa shape index (κ3) is 1.61. The van der Waals surface area contributed by atoms with Gasteiger partial charge in [0.05, 0.1) is 0 Å². The van der Waals surface area contributed by atoms with Crippen LogP contribution in [0.3, 0.4) is 0 Å². The van der Waals surface area contributed by atoms with Gasteiger partial charge in [-0.1, -0.05) is 0 Å². The summed E-state index contributed by atoms with van der Waals surface area (Å²) >= 11 is 0. The summed E-state index contributed by atoms with van der Waals surface area (Å²) in [6, 6.07) is 0. The van der Waals surface area contributed by atoms with E-state index in [0.717, 1.165) is 4.90 Å². The van der Waals surface area contributed by atoms with Crippen LogP contribution < -0.4 is 0 Å². The molecule has 0 radical (unpaired) electrons. The molecule has 1 fully saturated rings. The SMILES string of the molecule is O=C(O)N1C[C@H](CO)C[C@@H]1O. The molecule has 0 aromatic heterocycles. The summed E-state index contributed by atoms with van der Waals surface area (Å²) in [6.07, 6.45) is -1.74. The fourth-order valence-corrected chi connectivity index (χ4v) is 1.24. The maximum atomic E-state index is 10.4. The minimum absolute atomic E-state index is 0.0686. The second kappa shape index (κ2) is 3.06. The van der Waals surface area contributed by atoms with Gasteiger partial charge in [-0.15, -0.1) is 0 Å². The lowest BCUT2D eigenvalue weighted by Crippen LogP contribution is -2.34. The number of amides is 1. The van der Waals surface area contributed by atoms with Gasteiger partial charge in [0.25, 0.3) is 0 Å². The van der Waals surface area contributed by atoms with E-state index in [4.69, 9.17) is 15.3 Å². The maximum absolute atomic E-state index is 10.4. The molecule has 0 aromatic rings. The van der Waals surface area contributed by atoms with Crippen LogP contribution in [0.5, 0.6) is 0 Å². The Balaban J connectivity index is 2.51. The molecule has 0 unspecified atom stereocenters. The van der Waals surface area contributed by atoms with Crippen molar-refractivity contribution in [1.29, 1.82) is 0 Å². The van der Waals surface area contributed by atoms with E-state index in [1.165, 1.54) is 0 Å². The first kappa shape index (κ1) is 8.29. The van der Waals surface area contributed by atoms with Crippen molar-refractivity contribution >= 4 is 6.09 Å². The molecule has 2 atom stereocenters. The van der Waals surface area contributed by atoms with E-state index >= 15 is 0 Å². The Morgan fingerprint density at radius 2 is 2.27 bits per heavy atom. The molecule has 3 N–H and O–H groups in total. The van der Waals surface area contributed by atoms with Crippen LogP contribution in [0.1, 0.15) is 6.42 Å². The van der Waals surface area contributed by atoms with Crippen LogP contribution in [-0.2, 0) is 0 Å². The molecule has 0 spiro atoms. The van der Waals surface area contributed by atoms with Crippen LogP contribution in [-0.4, -0.2) is 45.7 Å². The third-order valence-electron chi connectivity index (χ3n) is 1.86. The number of nitrogens with zero attached hydrogens (tertiary/aromatic N) is 1. The van der Waals surface area contributed by atoms with Crippen LogP contribution in [0.2, 0.25) is 0 Å². The Morgan fingerprint density at radius 3 is 2.55 bits per heavy atom. The quantitative estimate of drug-likeness (QED) is 0.475. The highest BCUT2D eigenvalue weighted by Gasteiger charge is 2.33. The van der Waals surface area contributed by atoms with Crippen molar-refractivity contribution in [3.8, 4) is 0 Å². The van der Waals surface area contributed by atoms with E-state index < -0.39 is 12.3 Å². The van der Waals surface area contributed by atoms with Crippen molar-refractivity contribution in [1.82, 2.24) is 4.90 Å². The van der Waals surface area contributed by atoms with Gasteiger partial charge in [-0.2, -0.15) is 0 Å². The molecular weight excluding hydrogens is 150 g/mol. The first-order valence-corrected chi connectivity index (χ1v) is 3.43. The first-order valence-electron chi connectivity index (χ1n) is 3.43. The number of hydrogen-bond acceptors (Lipinski definition) is 3. The minimum atomic E-state index is -1.13. The molecule has 5 nitrogen and oxygen atoms in total. The minimum Gasteiger partial charge on any atom is -0.465 e. The summed E-state index contributed by atoms with van der Waals surface area (Å²) in [7, 11) is 0. The highest BCUT2D eigenvalue weighted by atomic mass is 16.4. The zero-order valence-electron chi connectivity index (χ0n) is 5.97. The average Bonchev–Trinajstić information content (AvgIpc) is 2.30. The number of aliphatic hydroxyl groups is 2. The summed E-state index contributed by atoms with van der Waals surface area (Å²) < 4.78 is 0. The Labute approximate surface area is 63.9 Å². The van der Waals surface area contributed by atoms with E-state index in [1.807, 2.05) is 0 Å². The van der Waals surface area contributed by atoms with Gasteiger partial charge in [0.1, 0.15) is 6.23 Å². The van der Waals surface area contributed by atoms with Crippen molar-refractivity contribution in [2.75, 3.05) is 13.2 Å². The molecule has 1 aliphatic rings. The molecule has 1 heterocycles. The maximum Gasteiger partial charge on any atom is 0.409 e. The molecule has 0 aromatic carbocycles. The van der Waals surface area contributed by atoms with Crippen molar-refractivity contribution in [2.45, 2.75) is 12.6 Å². The second-order valence-corrected chi connectivity index (χ2v) is 2.70. The van der Waals surface area contributed by atoms with Gasteiger partial charge in [-0.3, -0.25) is 4.90 Å². The number of hydrogen-bond donors (Lipinski definition) is 3. The van der Waals surface area contributed by atoms with Crippen LogP contribution in [0.4, 0.5) is 4.79 Å². The van der Waals surface area contributed by atoms with E-state index in [-0.39, 0.29) is 19.1 Å². The van der Waals surface area contributed by atoms with Gasteiger partial charge in [0.15, 0.2) is 0 Å². The number of carboxylic acid groups (broad SMARTS) is 1. The van der Waals surface area contributed by atoms with Crippen LogP contribution >= 0.6 is 0 Å². The highest BCUT2D eigenvalue weighted by molar-refractivity contribution is 5.65. The van der Waals surface area contributed by atoms with E-state index in [2.05, 4.69) is 0 Å². The summed E-state index contributed by atoms with van der Waals surface area (Å²) in [5.41, 5.74) is 0. The third-order valence-corrected chi connectivity index (χ3v) is 1.86. The molecule has 0 aliphatic carbocycles. The zero-order chi connectivity index (χ0) is 8.43. The zero-order valence-corrected chi connectivity index (χ0v) is 5.97. The first-order chi connectivity index (χ1) is 5.15. The Morgan fingerprint density at radius 1 is 1.64 bits per heavy atom. The molecule has 1 saturated heterocycles. The predicted octanol–water partition coefficient (Wildman–Crippen LogP) is -0.703. The Bertz CT molecular complexity index is 161. The molecule has 1 amide bonds. The van der Waals surface area contributed by atoms with Crippen molar-refractivity contribution in [3.63, 3.8) is 0 Å². The van der Waals surface area contributed by atoms with Crippen LogP contribution in [0.15, 0.2) is 0 Å². The predicted molar refractivity (Wildman–Crippen MR) is 35.9 cm³/mol. The summed E-state index contributed by atoms with van der Waals surface area (Å²) in [5.74, 6) is -0.110. The van der Waals surface area contributed by atoms with Gasteiger partial charge < -0.3 is 15.3 Å². The average molecular weight is 161 g/mol. The number of aliphatic hydroxyl groups excluding tert-OH is 2. The van der Waals surface area contributed by atoms with E-state index in [0.29, 0.717) is 6.42 Å². The van der Waals surface area contributed by atoms with Gasteiger partial charge in [-0.05, 0) is 6.42 Å². The Hall–Kier alpha value is -0.810. The fourth-order valence-electron chi connectivity index (χ4n) is 1.24. The summed E-state index contributed by atoms with van der Waals surface area (Å²) in [4.78, 5) is 11.3. The number of likely N-dealkylation sites (tertiary alicyclic amines) is 1. The summed E-state index contributed by atoms with van der Waals surface area (Å²) in [5, 5.41) is 26.2. The molecule has 5 heteroatoms. The van der Waals surface area contributed by atoms with Crippen LogP contribution in [0, 0.1) is 5.92 Å². The Kier molecular flexibility index (Phi) is 2.31. The monoisotopic (exact) mass is 161 g/mol. The lowest BCUT2D eigenvalue weighted by Gasteiger charge is -2.15. The fraction of sp³-hybridized carbons (Fsp3) is 0.833. The van der Waals surface area contributed by atoms with Gasteiger partial charge in [-0.25, -0.2) is 4.79 Å². The molecule has 1 rings (SSSR count). The van der Waals surface area contributed by atoms with Crippen molar-refractivity contribution < 1.29 is 20.1 Å². The normalized spacial score (nSPS) is 30.9. The number of carbonyl (C=O) groups is 1. The lowest BCUT2D eigenvalue weighted by atomic mass is 10.1. The van der Waals surface area contributed by atoms with E-state index in [9.17, 15) is 4.79 Å². The molecule has 0 saturated carbocycles. The molecule has 1 aliphatic heterocycles. The molecule has 0 bridgehead atoms. The van der Waals surface area contributed by atoms with Gasteiger partial charge in [0.2, 0.25) is 0 Å². The second-order valence-electron chi connectivity index (χ2n) is 2.70. The molecule has 64 valence electrons. The summed E-state index contributed by atoms with van der Waals surface area (Å²) in [6.45, 7) is 0.161. The van der Waals surface area contributed by atoms with Crippen molar-refractivity contribution in [3.05, 3.63) is 0 Å². The number of rotatable bonds is 1. The van der Waals surface area contributed by atoms with Crippen LogP contribution in [0.25, 0.3) is 0 Å². The lowest BCUT2D eigenvalue weighted by molar-refractivity contribution is 0.0407. The smallest absolute Gasteiger partial charge is 0.409 e.